The Morgan fingerprint density at radius 1 is 1.20 bits per heavy atom. The van der Waals surface area contributed by atoms with E-state index in [-0.39, 0.29) is 12.0 Å². The van der Waals surface area contributed by atoms with Crippen LogP contribution in [0.25, 0.3) is 0 Å². The van der Waals surface area contributed by atoms with Gasteiger partial charge in [-0.05, 0) is 37.6 Å². The number of carbonyl (C=O) groups excluding carboxylic acids is 1. The van der Waals surface area contributed by atoms with Crippen LogP contribution in [0.3, 0.4) is 0 Å². The summed E-state index contributed by atoms with van der Waals surface area (Å²) in [5, 5.41) is 7.36. The molecule has 130 valence electrons. The Balaban J connectivity index is 2.05. The van der Waals surface area contributed by atoms with Gasteiger partial charge in [-0.3, -0.25) is 5.01 Å². The molecule has 0 aromatic heterocycles. The maximum atomic E-state index is 12.5. The lowest BCUT2D eigenvalue weighted by molar-refractivity contribution is -0.135. The fraction of sp³-hybridized carbons (Fsp3) is 0.263. The third-order valence-electron chi connectivity index (χ3n) is 4.18. The third-order valence-corrected chi connectivity index (χ3v) is 4.72. The number of anilines is 1. The van der Waals surface area contributed by atoms with Crippen molar-refractivity contribution < 1.29 is 9.53 Å². The van der Waals surface area contributed by atoms with E-state index in [9.17, 15) is 4.79 Å². The summed E-state index contributed by atoms with van der Waals surface area (Å²) < 4.78 is 5.21. The van der Waals surface area contributed by atoms with Crippen molar-refractivity contribution in [2.24, 2.45) is 5.10 Å². The van der Waals surface area contributed by atoms with Crippen molar-refractivity contribution in [3.63, 3.8) is 0 Å². The Morgan fingerprint density at radius 2 is 1.92 bits per heavy atom. The maximum Gasteiger partial charge on any atom is 0.355 e. The summed E-state index contributed by atoms with van der Waals surface area (Å²) in [7, 11) is 0. The molecule has 4 nitrogen and oxygen atoms in total. The standard InChI is InChI=1S/C19H18Cl2N2O2/c1-3-25-19(24)18-17(13-7-5-4-6-8-13)12(2)23(22-18)16-10-9-14(20)11-15(16)21/h4-12,17H,3H2,1-2H3/t12-,17+/m1/s1. The molecular weight excluding hydrogens is 359 g/mol. The van der Waals surface area contributed by atoms with E-state index in [0.29, 0.717) is 28.1 Å². The fourth-order valence-corrected chi connectivity index (χ4v) is 3.54. The van der Waals surface area contributed by atoms with Crippen LogP contribution in [0.5, 0.6) is 0 Å². The number of rotatable bonds is 4. The van der Waals surface area contributed by atoms with Crippen LogP contribution in [0.4, 0.5) is 5.69 Å². The van der Waals surface area contributed by atoms with Gasteiger partial charge in [0.1, 0.15) is 0 Å². The van der Waals surface area contributed by atoms with Gasteiger partial charge in [-0.25, -0.2) is 4.79 Å². The van der Waals surface area contributed by atoms with Gasteiger partial charge in [0.05, 0.1) is 29.3 Å². The SMILES string of the molecule is CCOC(=O)C1=NN(c2ccc(Cl)cc2Cl)[C@H](C)[C@H]1c1ccccc1. The highest BCUT2D eigenvalue weighted by atomic mass is 35.5. The van der Waals surface area contributed by atoms with Crippen LogP contribution in [-0.2, 0) is 9.53 Å². The van der Waals surface area contributed by atoms with E-state index >= 15 is 0 Å². The normalized spacial score (nSPS) is 19.7. The lowest BCUT2D eigenvalue weighted by Crippen LogP contribution is -2.31. The molecule has 0 saturated carbocycles. The van der Waals surface area contributed by atoms with Gasteiger partial charge in [-0.1, -0.05) is 53.5 Å². The first kappa shape index (κ1) is 17.8. The predicted octanol–water partition coefficient (Wildman–Crippen LogP) is 4.90. The second-order valence-electron chi connectivity index (χ2n) is 5.77. The highest BCUT2D eigenvalue weighted by Crippen LogP contribution is 2.38. The van der Waals surface area contributed by atoms with Gasteiger partial charge in [0.15, 0.2) is 5.71 Å². The largest absolute Gasteiger partial charge is 0.461 e. The average Bonchev–Trinajstić information content (AvgIpc) is 2.93. The molecule has 0 aliphatic carbocycles. The van der Waals surface area contributed by atoms with Crippen LogP contribution in [0, 0.1) is 0 Å². The van der Waals surface area contributed by atoms with E-state index in [0.717, 1.165) is 5.56 Å². The first-order valence-electron chi connectivity index (χ1n) is 8.07. The van der Waals surface area contributed by atoms with Gasteiger partial charge >= 0.3 is 5.97 Å². The van der Waals surface area contributed by atoms with E-state index in [4.69, 9.17) is 27.9 Å². The lowest BCUT2D eigenvalue weighted by Gasteiger charge is -2.25. The molecule has 3 rings (SSSR count). The van der Waals surface area contributed by atoms with Gasteiger partial charge in [-0.2, -0.15) is 5.10 Å². The van der Waals surface area contributed by atoms with Crippen LogP contribution in [0.15, 0.2) is 53.6 Å². The molecule has 6 heteroatoms. The van der Waals surface area contributed by atoms with Gasteiger partial charge in [0, 0.05) is 5.02 Å². The molecule has 0 bridgehead atoms. The van der Waals surface area contributed by atoms with Gasteiger partial charge < -0.3 is 4.74 Å². The molecule has 0 fully saturated rings. The van der Waals surface area contributed by atoms with Crippen molar-refractivity contribution in [3.05, 3.63) is 64.1 Å². The minimum Gasteiger partial charge on any atom is -0.461 e. The van der Waals surface area contributed by atoms with Crippen LogP contribution >= 0.6 is 23.2 Å². The van der Waals surface area contributed by atoms with E-state index < -0.39 is 5.97 Å². The Hall–Kier alpha value is -2.04. The number of nitrogens with zero attached hydrogens (tertiary/aromatic N) is 2. The zero-order valence-electron chi connectivity index (χ0n) is 13.9. The first-order chi connectivity index (χ1) is 12.0. The van der Waals surface area contributed by atoms with Gasteiger partial charge in [-0.15, -0.1) is 0 Å². The Bertz CT molecular complexity index is 808. The minimum absolute atomic E-state index is 0.0968. The fourth-order valence-electron chi connectivity index (χ4n) is 3.05. The molecule has 0 unspecified atom stereocenters. The van der Waals surface area contributed by atoms with Crippen LogP contribution in [-0.4, -0.2) is 24.3 Å². The number of ether oxygens (including phenoxy) is 1. The maximum absolute atomic E-state index is 12.5. The third kappa shape index (κ3) is 3.51. The molecular formula is C19H18Cl2N2O2. The summed E-state index contributed by atoms with van der Waals surface area (Å²) in [4.78, 5) is 12.5. The molecule has 25 heavy (non-hydrogen) atoms. The van der Waals surface area contributed by atoms with Crippen molar-refractivity contribution in [1.82, 2.24) is 0 Å². The van der Waals surface area contributed by atoms with E-state index in [1.54, 1.807) is 30.1 Å². The van der Waals surface area contributed by atoms with Gasteiger partial charge in [0.2, 0.25) is 0 Å². The smallest absolute Gasteiger partial charge is 0.355 e. The highest BCUT2D eigenvalue weighted by molar-refractivity contribution is 6.40. The second kappa shape index (κ2) is 7.46. The number of halogens is 2. The number of hydrazone groups is 1. The highest BCUT2D eigenvalue weighted by Gasteiger charge is 2.40. The number of esters is 1. The predicted molar refractivity (Wildman–Crippen MR) is 102 cm³/mol. The summed E-state index contributed by atoms with van der Waals surface area (Å²) in [6, 6.07) is 14.9. The Morgan fingerprint density at radius 3 is 2.56 bits per heavy atom. The summed E-state index contributed by atoms with van der Waals surface area (Å²) in [6.07, 6.45) is 0. The second-order valence-corrected chi connectivity index (χ2v) is 6.62. The molecule has 1 heterocycles. The minimum atomic E-state index is -0.407. The molecule has 2 aromatic carbocycles. The molecule has 0 spiro atoms. The molecule has 0 radical (unpaired) electrons. The lowest BCUT2D eigenvalue weighted by atomic mass is 9.88. The number of hydrogen-bond acceptors (Lipinski definition) is 4. The van der Waals surface area contributed by atoms with E-state index in [2.05, 4.69) is 5.10 Å². The molecule has 0 N–H and O–H groups in total. The van der Waals surface area contributed by atoms with Gasteiger partial charge in [0.25, 0.3) is 0 Å². The Kier molecular flexibility index (Phi) is 5.30. The van der Waals surface area contributed by atoms with Crippen molar-refractivity contribution in [1.29, 1.82) is 0 Å². The van der Waals surface area contributed by atoms with Crippen LogP contribution in [0.1, 0.15) is 25.3 Å². The molecule has 1 aliphatic rings. The van der Waals surface area contributed by atoms with E-state index in [1.165, 1.54) is 0 Å². The number of hydrogen-bond donors (Lipinski definition) is 0. The molecule has 1 aliphatic heterocycles. The molecule has 0 amide bonds. The molecule has 2 aromatic rings. The monoisotopic (exact) mass is 376 g/mol. The zero-order chi connectivity index (χ0) is 18.0. The summed E-state index contributed by atoms with van der Waals surface area (Å²) in [5.41, 5.74) is 2.10. The topological polar surface area (TPSA) is 41.9 Å². The van der Waals surface area contributed by atoms with Crippen LogP contribution < -0.4 is 5.01 Å². The van der Waals surface area contributed by atoms with E-state index in [1.807, 2.05) is 37.3 Å². The van der Waals surface area contributed by atoms with Crippen molar-refractivity contribution >= 4 is 40.6 Å². The quantitative estimate of drug-likeness (QED) is 0.712. The summed E-state index contributed by atoms with van der Waals surface area (Å²) >= 11 is 12.3. The van der Waals surface area contributed by atoms with Crippen LogP contribution in [0.2, 0.25) is 10.0 Å². The van der Waals surface area contributed by atoms with Crippen molar-refractivity contribution in [2.75, 3.05) is 11.6 Å². The molecule has 2 atom stereocenters. The molecule has 0 saturated heterocycles. The average molecular weight is 377 g/mol. The van der Waals surface area contributed by atoms with Crippen molar-refractivity contribution in [2.45, 2.75) is 25.8 Å². The zero-order valence-corrected chi connectivity index (χ0v) is 15.5. The Labute approximate surface area is 157 Å². The van der Waals surface area contributed by atoms with Crippen molar-refractivity contribution in [3.8, 4) is 0 Å². The number of carbonyl (C=O) groups is 1. The summed E-state index contributed by atoms with van der Waals surface area (Å²) in [5.74, 6) is -0.609. The number of benzene rings is 2. The first-order valence-corrected chi connectivity index (χ1v) is 8.83. The summed E-state index contributed by atoms with van der Waals surface area (Å²) in [6.45, 7) is 4.09.